The van der Waals surface area contributed by atoms with E-state index in [9.17, 15) is 14.4 Å². The number of fused-ring (bicyclic) bond motifs is 1. The molecule has 36 heavy (non-hydrogen) atoms. The minimum atomic E-state index is -0.682. The number of anilines is 2. The molecule has 1 atom stereocenters. The monoisotopic (exact) mass is 485 g/mol. The van der Waals surface area contributed by atoms with Gasteiger partial charge in [0, 0.05) is 36.4 Å². The molecule has 1 aliphatic rings. The average molecular weight is 486 g/mol. The Morgan fingerprint density at radius 1 is 1.00 bits per heavy atom. The van der Waals surface area contributed by atoms with Gasteiger partial charge < -0.3 is 19.9 Å². The predicted molar refractivity (Wildman–Crippen MR) is 138 cm³/mol. The van der Waals surface area contributed by atoms with Crippen LogP contribution in [0.4, 0.5) is 17.1 Å². The van der Waals surface area contributed by atoms with Crippen LogP contribution in [0.1, 0.15) is 27.4 Å². The maximum Gasteiger partial charge on any atom is 0.337 e. The topological polar surface area (TPSA) is 104 Å². The van der Waals surface area contributed by atoms with E-state index >= 15 is 0 Å². The zero-order valence-electron chi connectivity index (χ0n) is 20.6. The van der Waals surface area contributed by atoms with Crippen molar-refractivity contribution in [1.82, 2.24) is 9.88 Å². The molecule has 9 nitrogen and oxygen atoms in total. The number of rotatable bonds is 7. The molecule has 3 aromatic rings. The number of aliphatic imine (C=N–C) groups is 1. The van der Waals surface area contributed by atoms with Gasteiger partial charge in [-0.05, 0) is 68.2 Å². The molecule has 0 fully saturated rings. The maximum absolute atomic E-state index is 13.1. The number of pyridine rings is 1. The first kappa shape index (κ1) is 24.7. The predicted octanol–water partition coefficient (Wildman–Crippen LogP) is 3.25. The Labute approximate surface area is 209 Å². The number of amides is 2. The number of nitrogens with zero attached hydrogens (tertiary/aromatic N) is 4. The Hall–Kier alpha value is -4.37. The standard InChI is InChI=1S/C27H27N5O4/c1-31(2)16-23(33)32(3)20-8-6-19(7-9-20)29-25(17-11-13-28-14-12-17)24-21-10-5-18(27(35)36-4)15-22(21)30-26(24)34/h5-15,24H,16H2,1-4H3,(H,30,34). The third-order valence-corrected chi connectivity index (χ3v) is 5.87. The van der Waals surface area contributed by atoms with Crippen molar-refractivity contribution >= 4 is 40.6 Å². The number of carbonyl (C=O) groups is 3. The molecule has 0 spiro atoms. The van der Waals surface area contributed by atoms with Crippen LogP contribution in [-0.4, -0.2) is 68.2 Å². The largest absolute Gasteiger partial charge is 0.465 e. The van der Waals surface area contributed by atoms with Crippen LogP contribution in [0.2, 0.25) is 0 Å². The molecule has 2 aromatic carbocycles. The number of aromatic nitrogens is 1. The van der Waals surface area contributed by atoms with Gasteiger partial charge in [-0.2, -0.15) is 0 Å². The van der Waals surface area contributed by atoms with Gasteiger partial charge in [0.25, 0.3) is 0 Å². The number of hydrogen-bond acceptors (Lipinski definition) is 7. The fourth-order valence-corrected chi connectivity index (χ4v) is 4.01. The van der Waals surface area contributed by atoms with Crippen molar-refractivity contribution in [2.45, 2.75) is 5.92 Å². The summed E-state index contributed by atoms with van der Waals surface area (Å²) in [6, 6.07) is 15.9. The summed E-state index contributed by atoms with van der Waals surface area (Å²) >= 11 is 0. The van der Waals surface area contributed by atoms with Crippen LogP contribution in [0.3, 0.4) is 0 Å². The molecule has 1 aromatic heterocycles. The van der Waals surface area contributed by atoms with E-state index < -0.39 is 11.9 Å². The molecular formula is C27H27N5O4. The third kappa shape index (κ3) is 5.16. The van der Waals surface area contributed by atoms with Gasteiger partial charge in [0.2, 0.25) is 11.8 Å². The lowest BCUT2D eigenvalue weighted by Gasteiger charge is -2.20. The molecule has 1 aliphatic heterocycles. The van der Waals surface area contributed by atoms with E-state index in [2.05, 4.69) is 10.3 Å². The maximum atomic E-state index is 13.1. The van der Waals surface area contributed by atoms with E-state index in [0.29, 0.717) is 34.8 Å². The zero-order valence-corrected chi connectivity index (χ0v) is 20.6. The minimum absolute atomic E-state index is 0.0284. The Kier molecular flexibility index (Phi) is 7.21. The molecule has 2 heterocycles. The summed E-state index contributed by atoms with van der Waals surface area (Å²) in [6.07, 6.45) is 3.29. The molecule has 1 unspecified atom stereocenters. The smallest absolute Gasteiger partial charge is 0.337 e. The highest BCUT2D eigenvalue weighted by Gasteiger charge is 2.36. The van der Waals surface area contributed by atoms with Crippen molar-refractivity contribution in [1.29, 1.82) is 0 Å². The number of nitrogens with one attached hydrogen (secondary N) is 1. The third-order valence-electron chi connectivity index (χ3n) is 5.87. The van der Waals surface area contributed by atoms with E-state index in [1.165, 1.54) is 7.11 Å². The van der Waals surface area contributed by atoms with Gasteiger partial charge in [-0.25, -0.2) is 4.79 Å². The van der Waals surface area contributed by atoms with Crippen molar-refractivity contribution in [2.24, 2.45) is 4.99 Å². The summed E-state index contributed by atoms with van der Waals surface area (Å²) in [6.45, 7) is 0.302. The van der Waals surface area contributed by atoms with E-state index in [1.54, 1.807) is 54.7 Å². The van der Waals surface area contributed by atoms with Crippen molar-refractivity contribution < 1.29 is 19.1 Å². The molecule has 2 amide bonds. The summed E-state index contributed by atoms with van der Waals surface area (Å²) < 4.78 is 4.80. The van der Waals surface area contributed by atoms with Gasteiger partial charge in [0.05, 0.1) is 30.6 Å². The molecule has 184 valence electrons. The number of esters is 1. The van der Waals surface area contributed by atoms with Crippen LogP contribution in [0.25, 0.3) is 0 Å². The van der Waals surface area contributed by atoms with E-state index in [1.807, 2.05) is 43.3 Å². The molecule has 9 heteroatoms. The van der Waals surface area contributed by atoms with Gasteiger partial charge in [-0.3, -0.25) is 19.6 Å². The fourth-order valence-electron chi connectivity index (χ4n) is 4.01. The van der Waals surface area contributed by atoms with Gasteiger partial charge in [0.15, 0.2) is 0 Å². The normalized spacial score (nSPS) is 14.9. The highest BCUT2D eigenvalue weighted by molar-refractivity contribution is 6.24. The second kappa shape index (κ2) is 10.5. The molecule has 0 saturated heterocycles. The number of ether oxygens (including phenoxy) is 1. The Balaban J connectivity index is 1.71. The molecule has 0 aliphatic carbocycles. The molecular weight excluding hydrogens is 458 g/mol. The Morgan fingerprint density at radius 2 is 1.69 bits per heavy atom. The van der Waals surface area contributed by atoms with Crippen LogP contribution >= 0.6 is 0 Å². The van der Waals surface area contributed by atoms with Crippen molar-refractivity contribution in [3.63, 3.8) is 0 Å². The number of benzene rings is 2. The number of hydrogen-bond donors (Lipinski definition) is 1. The highest BCUT2D eigenvalue weighted by atomic mass is 16.5. The molecule has 0 radical (unpaired) electrons. The van der Waals surface area contributed by atoms with Crippen molar-refractivity contribution in [2.75, 3.05) is 45.0 Å². The second-order valence-corrected chi connectivity index (χ2v) is 8.66. The highest BCUT2D eigenvalue weighted by Crippen LogP contribution is 2.37. The lowest BCUT2D eigenvalue weighted by Crippen LogP contribution is -2.34. The molecule has 4 rings (SSSR count). The lowest BCUT2D eigenvalue weighted by molar-refractivity contribution is -0.119. The van der Waals surface area contributed by atoms with E-state index in [0.717, 1.165) is 11.3 Å². The van der Waals surface area contributed by atoms with Gasteiger partial charge in [-0.15, -0.1) is 0 Å². The van der Waals surface area contributed by atoms with Crippen LogP contribution in [0, 0.1) is 0 Å². The van der Waals surface area contributed by atoms with E-state index in [4.69, 9.17) is 9.73 Å². The second-order valence-electron chi connectivity index (χ2n) is 8.66. The van der Waals surface area contributed by atoms with Crippen LogP contribution in [-0.2, 0) is 14.3 Å². The minimum Gasteiger partial charge on any atom is -0.465 e. The van der Waals surface area contributed by atoms with Crippen molar-refractivity contribution in [3.8, 4) is 0 Å². The summed E-state index contributed by atoms with van der Waals surface area (Å²) in [4.78, 5) is 49.8. The first-order valence-electron chi connectivity index (χ1n) is 11.3. The SMILES string of the molecule is COC(=O)c1ccc2c(c1)NC(=O)C2C(=Nc1ccc(N(C)C(=O)CN(C)C)cc1)c1ccncc1. The number of methoxy groups -OCH3 is 1. The summed E-state index contributed by atoms with van der Waals surface area (Å²) in [5, 5.41) is 2.86. The van der Waals surface area contributed by atoms with Gasteiger partial charge >= 0.3 is 5.97 Å². The summed E-state index contributed by atoms with van der Waals surface area (Å²) in [7, 11) is 6.73. The van der Waals surface area contributed by atoms with Crippen LogP contribution < -0.4 is 10.2 Å². The average Bonchev–Trinajstić information content (AvgIpc) is 3.21. The Bertz CT molecular complexity index is 1320. The first-order chi connectivity index (χ1) is 17.3. The zero-order chi connectivity index (χ0) is 25.8. The van der Waals surface area contributed by atoms with Crippen LogP contribution in [0.5, 0.6) is 0 Å². The summed E-state index contributed by atoms with van der Waals surface area (Å²) in [5.74, 6) is -1.43. The van der Waals surface area contributed by atoms with Gasteiger partial charge in [-0.1, -0.05) is 6.07 Å². The molecule has 1 N–H and O–H groups in total. The van der Waals surface area contributed by atoms with Gasteiger partial charge in [0.1, 0.15) is 5.92 Å². The quantitative estimate of drug-likeness (QED) is 0.407. The Morgan fingerprint density at radius 3 is 2.33 bits per heavy atom. The molecule has 0 bridgehead atoms. The lowest BCUT2D eigenvalue weighted by atomic mass is 9.90. The number of carbonyl (C=O) groups excluding carboxylic acids is 3. The van der Waals surface area contributed by atoms with Crippen LogP contribution in [0.15, 0.2) is 72.0 Å². The fraction of sp³-hybridized carbons (Fsp3) is 0.222. The number of likely N-dealkylation sites (N-methyl/N-ethyl adjacent to an activating group) is 2. The van der Waals surface area contributed by atoms with Crippen molar-refractivity contribution in [3.05, 3.63) is 83.7 Å². The molecule has 0 saturated carbocycles. The first-order valence-corrected chi connectivity index (χ1v) is 11.3. The summed E-state index contributed by atoms with van der Waals surface area (Å²) in [5.41, 5.74) is 4.28. The van der Waals surface area contributed by atoms with E-state index in [-0.39, 0.29) is 11.8 Å².